The van der Waals surface area contributed by atoms with Gasteiger partial charge in [0.1, 0.15) is 12.4 Å². The van der Waals surface area contributed by atoms with Gasteiger partial charge in [-0.25, -0.2) is 14.6 Å². The van der Waals surface area contributed by atoms with Crippen molar-refractivity contribution in [1.29, 1.82) is 0 Å². The molecule has 3 aromatic heterocycles. The van der Waals surface area contributed by atoms with Crippen LogP contribution in [0.1, 0.15) is 45.3 Å². The Bertz CT molecular complexity index is 961. The van der Waals surface area contributed by atoms with Gasteiger partial charge in [-0.2, -0.15) is 4.80 Å². The molecule has 144 valence electrons. The summed E-state index contributed by atoms with van der Waals surface area (Å²) in [5.74, 6) is 2.12. The van der Waals surface area contributed by atoms with E-state index in [1.54, 1.807) is 16.5 Å². The van der Waals surface area contributed by atoms with E-state index in [2.05, 4.69) is 56.4 Å². The summed E-state index contributed by atoms with van der Waals surface area (Å²) in [7, 11) is 1.78. The summed E-state index contributed by atoms with van der Waals surface area (Å²) in [5.41, 5.74) is 1.00. The first-order valence-corrected chi connectivity index (χ1v) is 9.15. The molecule has 0 bridgehead atoms. The number of aryl methyl sites for hydroxylation is 1. The lowest BCUT2D eigenvalue weighted by molar-refractivity contribution is 0.198. The van der Waals surface area contributed by atoms with Gasteiger partial charge in [0.25, 0.3) is 0 Å². The Hall–Kier alpha value is -2.69. The third-order valence-corrected chi connectivity index (χ3v) is 5.22. The smallest absolute Gasteiger partial charge is 0.207 e. The van der Waals surface area contributed by atoms with Crippen LogP contribution in [0.25, 0.3) is 11.2 Å². The maximum Gasteiger partial charge on any atom is 0.207 e. The minimum absolute atomic E-state index is 0.182. The van der Waals surface area contributed by atoms with Crippen molar-refractivity contribution >= 4 is 17.0 Å². The fourth-order valence-electron chi connectivity index (χ4n) is 3.03. The summed E-state index contributed by atoms with van der Waals surface area (Å²) < 4.78 is 1.59. The number of tetrazole rings is 1. The van der Waals surface area contributed by atoms with Gasteiger partial charge in [0.2, 0.25) is 5.65 Å². The first-order chi connectivity index (χ1) is 12.9. The Labute approximate surface area is 156 Å². The van der Waals surface area contributed by atoms with Gasteiger partial charge in [0.15, 0.2) is 17.2 Å². The monoisotopic (exact) mass is 372 g/mol. The molecule has 3 aromatic rings. The highest BCUT2D eigenvalue weighted by Crippen LogP contribution is 2.30. The summed E-state index contributed by atoms with van der Waals surface area (Å²) in [4.78, 5) is 13.1. The van der Waals surface area contributed by atoms with Crippen LogP contribution in [0.3, 0.4) is 0 Å². The molecule has 0 saturated carbocycles. The summed E-state index contributed by atoms with van der Waals surface area (Å²) >= 11 is 0. The van der Waals surface area contributed by atoms with Crippen molar-refractivity contribution in [3.8, 4) is 0 Å². The standard InChI is InChI=1S/C16H24N10O/c1-5-16(2,3)15-17-13-12(14(18-15)25-7-6-10(27)8-25)20-26(21-13)9-11-19-22-23-24(11)4/h10,27H,5-9H2,1-4H3. The number of nitrogens with zero attached hydrogens (tertiary/aromatic N) is 10. The lowest BCUT2D eigenvalue weighted by atomic mass is 9.89. The fourth-order valence-corrected chi connectivity index (χ4v) is 3.03. The molecular formula is C16H24N10O. The highest BCUT2D eigenvalue weighted by Gasteiger charge is 2.29. The van der Waals surface area contributed by atoms with E-state index in [1.165, 1.54) is 0 Å². The lowest BCUT2D eigenvalue weighted by Gasteiger charge is -2.23. The van der Waals surface area contributed by atoms with E-state index in [4.69, 9.17) is 4.98 Å². The van der Waals surface area contributed by atoms with Gasteiger partial charge < -0.3 is 10.0 Å². The third kappa shape index (κ3) is 3.22. The Morgan fingerprint density at radius 1 is 1.22 bits per heavy atom. The average molecular weight is 372 g/mol. The molecule has 0 spiro atoms. The average Bonchev–Trinajstić information content (AvgIpc) is 3.34. The molecule has 1 saturated heterocycles. The van der Waals surface area contributed by atoms with Crippen molar-refractivity contribution in [1.82, 2.24) is 45.2 Å². The van der Waals surface area contributed by atoms with Crippen LogP contribution in [-0.4, -0.2) is 69.5 Å². The first-order valence-electron chi connectivity index (χ1n) is 9.15. The SMILES string of the molecule is CCC(C)(C)c1nc(N2CCC(O)C2)c2nn(Cc3nnnn3C)nc2n1. The van der Waals surface area contributed by atoms with Crippen molar-refractivity contribution < 1.29 is 5.11 Å². The largest absolute Gasteiger partial charge is 0.391 e. The van der Waals surface area contributed by atoms with E-state index < -0.39 is 0 Å². The van der Waals surface area contributed by atoms with Crippen LogP contribution >= 0.6 is 0 Å². The molecule has 4 heterocycles. The minimum Gasteiger partial charge on any atom is -0.391 e. The molecule has 11 heteroatoms. The summed E-state index contributed by atoms with van der Waals surface area (Å²) in [6, 6.07) is 0. The number of rotatable bonds is 5. The number of hydrogen-bond donors (Lipinski definition) is 1. The minimum atomic E-state index is -0.350. The molecular weight excluding hydrogens is 348 g/mol. The lowest BCUT2D eigenvalue weighted by Crippen LogP contribution is -2.26. The Balaban J connectivity index is 1.81. The van der Waals surface area contributed by atoms with Crippen molar-refractivity contribution in [3.63, 3.8) is 0 Å². The third-order valence-electron chi connectivity index (χ3n) is 5.22. The highest BCUT2D eigenvalue weighted by molar-refractivity contribution is 5.82. The molecule has 1 N–H and O–H groups in total. The van der Waals surface area contributed by atoms with Crippen molar-refractivity contribution in [3.05, 3.63) is 11.6 Å². The van der Waals surface area contributed by atoms with Gasteiger partial charge in [-0.3, -0.25) is 0 Å². The van der Waals surface area contributed by atoms with Crippen molar-refractivity contribution in [2.75, 3.05) is 18.0 Å². The molecule has 0 aliphatic carbocycles. The van der Waals surface area contributed by atoms with Crippen LogP contribution in [0.15, 0.2) is 0 Å². The molecule has 4 rings (SSSR count). The highest BCUT2D eigenvalue weighted by atomic mass is 16.3. The van der Waals surface area contributed by atoms with Gasteiger partial charge >= 0.3 is 0 Å². The van der Waals surface area contributed by atoms with Gasteiger partial charge in [-0.15, -0.1) is 15.3 Å². The van der Waals surface area contributed by atoms with Gasteiger partial charge in [0.05, 0.1) is 6.10 Å². The number of fused-ring (bicyclic) bond motifs is 1. The van der Waals surface area contributed by atoms with Crippen LogP contribution in [-0.2, 0) is 19.0 Å². The Morgan fingerprint density at radius 3 is 2.67 bits per heavy atom. The molecule has 1 unspecified atom stereocenters. The molecule has 0 radical (unpaired) electrons. The number of aliphatic hydroxyl groups excluding tert-OH is 1. The number of hydrogen-bond acceptors (Lipinski definition) is 9. The zero-order valence-electron chi connectivity index (χ0n) is 16.0. The van der Waals surface area contributed by atoms with Crippen molar-refractivity contribution in [2.45, 2.75) is 51.7 Å². The fraction of sp³-hybridized carbons (Fsp3) is 0.688. The predicted octanol–water partition coefficient (Wildman–Crippen LogP) is 0.0517. The van der Waals surface area contributed by atoms with E-state index in [0.29, 0.717) is 30.1 Å². The maximum absolute atomic E-state index is 9.96. The summed E-state index contributed by atoms with van der Waals surface area (Å²) in [6.07, 6.45) is 1.27. The zero-order valence-corrected chi connectivity index (χ0v) is 16.0. The van der Waals surface area contributed by atoms with Crippen LogP contribution in [0.2, 0.25) is 0 Å². The van der Waals surface area contributed by atoms with Crippen LogP contribution < -0.4 is 4.90 Å². The molecule has 27 heavy (non-hydrogen) atoms. The summed E-state index contributed by atoms with van der Waals surface area (Å²) in [6.45, 7) is 7.97. The van der Waals surface area contributed by atoms with Crippen LogP contribution in [0.4, 0.5) is 5.82 Å². The Morgan fingerprint density at radius 2 is 2.04 bits per heavy atom. The first kappa shape index (κ1) is 17.7. The Kier molecular flexibility index (Phi) is 4.25. The van der Waals surface area contributed by atoms with E-state index in [0.717, 1.165) is 31.0 Å². The predicted molar refractivity (Wildman–Crippen MR) is 97.2 cm³/mol. The van der Waals surface area contributed by atoms with E-state index >= 15 is 0 Å². The van der Waals surface area contributed by atoms with E-state index in [9.17, 15) is 5.11 Å². The van der Waals surface area contributed by atoms with Gasteiger partial charge in [-0.1, -0.05) is 20.8 Å². The number of aliphatic hydroxyl groups is 1. The van der Waals surface area contributed by atoms with E-state index in [1.807, 2.05) is 0 Å². The molecule has 1 fully saturated rings. The van der Waals surface area contributed by atoms with Crippen LogP contribution in [0.5, 0.6) is 0 Å². The van der Waals surface area contributed by atoms with Gasteiger partial charge in [0, 0.05) is 25.6 Å². The second kappa shape index (κ2) is 6.48. The van der Waals surface area contributed by atoms with Crippen molar-refractivity contribution in [2.24, 2.45) is 7.05 Å². The zero-order chi connectivity index (χ0) is 19.2. The number of anilines is 1. The second-order valence-electron chi connectivity index (χ2n) is 7.62. The number of aromatic nitrogens is 9. The quantitative estimate of drug-likeness (QED) is 0.661. The van der Waals surface area contributed by atoms with E-state index in [-0.39, 0.29) is 11.5 Å². The van der Waals surface area contributed by atoms with Crippen LogP contribution in [0, 0.1) is 0 Å². The molecule has 1 atom stereocenters. The number of β-amino-alcohol motifs (C(OH)–C–C–N with tert-alkyl or cyclic N) is 1. The second-order valence-corrected chi connectivity index (χ2v) is 7.62. The maximum atomic E-state index is 9.96. The van der Waals surface area contributed by atoms with Gasteiger partial charge in [-0.05, 0) is 23.3 Å². The molecule has 1 aliphatic rings. The topological polar surface area (TPSA) is 124 Å². The normalized spacial score (nSPS) is 18.0. The molecule has 0 amide bonds. The summed E-state index contributed by atoms with van der Waals surface area (Å²) in [5, 5.41) is 30.6. The molecule has 11 nitrogen and oxygen atoms in total. The molecule has 0 aromatic carbocycles. The molecule has 1 aliphatic heterocycles.